The highest BCUT2D eigenvalue weighted by Gasteiger charge is 2.31. The van der Waals surface area contributed by atoms with Gasteiger partial charge in [0.15, 0.2) is 5.16 Å². The summed E-state index contributed by atoms with van der Waals surface area (Å²) in [5, 5.41) is 10.7. The van der Waals surface area contributed by atoms with Crippen LogP contribution in [0.4, 0.5) is 14.5 Å². The van der Waals surface area contributed by atoms with Crippen molar-refractivity contribution >= 4 is 29.3 Å². The van der Waals surface area contributed by atoms with E-state index in [1.54, 1.807) is 6.92 Å². The van der Waals surface area contributed by atoms with Gasteiger partial charge in [-0.05, 0) is 31.9 Å². The van der Waals surface area contributed by atoms with Crippen LogP contribution in [0, 0.1) is 11.6 Å². The Bertz CT molecular complexity index is 869. The third-order valence-electron chi connectivity index (χ3n) is 4.08. The van der Waals surface area contributed by atoms with E-state index in [0.717, 1.165) is 18.9 Å². The molecule has 1 aromatic carbocycles. The molecule has 1 fully saturated rings. The number of anilines is 1. The summed E-state index contributed by atoms with van der Waals surface area (Å²) in [7, 11) is 0. The summed E-state index contributed by atoms with van der Waals surface area (Å²) in [4.78, 5) is 23.4. The van der Waals surface area contributed by atoms with Crippen LogP contribution in [-0.4, -0.2) is 31.8 Å². The second-order valence-corrected chi connectivity index (χ2v) is 7.65. The summed E-state index contributed by atoms with van der Waals surface area (Å²) in [6.07, 6.45) is 2.53. The van der Waals surface area contributed by atoms with Gasteiger partial charge in [0.25, 0.3) is 0 Å². The van der Waals surface area contributed by atoms with Crippen LogP contribution in [0.25, 0.3) is 0 Å². The number of halogens is 2. The molecule has 0 spiro atoms. The highest BCUT2D eigenvalue weighted by Crippen LogP contribution is 2.39. The molecule has 0 aliphatic heterocycles. The molecule has 3 N–H and O–H groups in total. The number of rotatable bonds is 8. The second-order valence-electron chi connectivity index (χ2n) is 6.34. The summed E-state index contributed by atoms with van der Waals surface area (Å²) in [5.41, 5.74) is 5.11. The molecule has 1 aromatic heterocycles. The molecule has 1 aliphatic rings. The van der Waals surface area contributed by atoms with Crippen LogP contribution in [0.15, 0.2) is 23.4 Å². The molecule has 1 atom stereocenters. The minimum Gasteiger partial charge on any atom is -0.370 e. The number of hydrogen-bond acceptors (Lipinski definition) is 5. The lowest BCUT2D eigenvalue weighted by atomic mass is 10.3. The Balaban J connectivity index is 1.68. The van der Waals surface area contributed by atoms with Gasteiger partial charge in [-0.15, -0.1) is 10.2 Å². The summed E-state index contributed by atoms with van der Waals surface area (Å²) in [6, 6.07) is 3.22. The van der Waals surface area contributed by atoms with Crippen molar-refractivity contribution in [3.8, 4) is 0 Å². The van der Waals surface area contributed by atoms with Gasteiger partial charge >= 0.3 is 0 Å². The topological polar surface area (TPSA) is 103 Å². The van der Waals surface area contributed by atoms with Crippen molar-refractivity contribution in [2.45, 2.75) is 49.1 Å². The van der Waals surface area contributed by atoms with Crippen molar-refractivity contribution in [2.75, 3.05) is 5.32 Å². The predicted molar refractivity (Wildman–Crippen MR) is 96.1 cm³/mol. The molecule has 0 radical (unpaired) electrons. The van der Waals surface area contributed by atoms with E-state index in [-0.39, 0.29) is 18.2 Å². The molecule has 1 saturated carbocycles. The largest absolute Gasteiger partial charge is 0.370 e. The number of benzene rings is 1. The Morgan fingerprint density at radius 1 is 1.37 bits per heavy atom. The summed E-state index contributed by atoms with van der Waals surface area (Å²) < 4.78 is 28.6. The van der Waals surface area contributed by atoms with Crippen LogP contribution in [0.1, 0.15) is 38.1 Å². The maximum Gasteiger partial charge on any atom is 0.237 e. The van der Waals surface area contributed by atoms with Crippen molar-refractivity contribution in [1.82, 2.24) is 14.8 Å². The first-order valence-corrected chi connectivity index (χ1v) is 9.37. The fourth-order valence-electron chi connectivity index (χ4n) is 2.53. The van der Waals surface area contributed by atoms with Crippen molar-refractivity contribution in [3.63, 3.8) is 0 Å². The van der Waals surface area contributed by atoms with Gasteiger partial charge in [0.2, 0.25) is 11.8 Å². The lowest BCUT2D eigenvalue weighted by Crippen LogP contribution is -2.23. The monoisotopic (exact) mass is 395 g/mol. The van der Waals surface area contributed by atoms with E-state index < -0.39 is 28.7 Å². The Morgan fingerprint density at radius 2 is 2.11 bits per heavy atom. The van der Waals surface area contributed by atoms with Crippen molar-refractivity contribution < 1.29 is 18.4 Å². The average molecular weight is 395 g/mol. The number of nitrogens with two attached hydrogens (primary N) is 1. The van der Waals surface area contributed by atoms with Crippen molar-refractivity contribution in [1.29, 1.82) is 0 Å². The lowest BCUT2D eigenvalue weighted by molar-refractivity contribution is -0.118. The van der Waals surface area contributed by atoms with Gasteiger partial charge in [0.1, 0.15) is 17.5 Å². The van der Waals surface area contributed by atoms with E-state index >= 15 is 0 Å². The number of amides is 2. The molecule has 1 heterocycles. The minimum atomic E-state index is -0.838. The first-order chi connectivity index (χ1) is 12.8. The van der Waals surface area contributed by atoms with Crippen LogP contribution >= 0.6 is 11.8 Å². The number of carbonyl (C=O) groups excluding carboxylic acids is 2. The third kappa shape index (κ3) is 4.82. The number of nitrogens with zero attached hydrogens (tertiary/aromatic N) is 3. The molecule has 7 nitrogen and oxygen atoms in total. The maximum atomic E-state index is 13.7. The molecule has 0 saturated heterocycles. The standard InChI is InChI=1S/C17H19F2N5O2S/c1-9(16(26)21-13-5-2-10(18)8-12(13)19)27-17-23-22-15(7-6-14(20)25)24(17)11-3-4-11/h2,5,8-9,11H,3-4,6-7H2,1H3,(H2,20,25)(H,21,26)/t9-/m1/s1. The van der Waals surface area contributed by atoms with Crippen molar-refractivity contribution in [2.24, 2.45) is 5.73 Å². The fourth-order valence-corrected chi connectivity index (χ4v) is 3.47. The van der Waals surface area contributed by atoms with Gasteiger partial charge in [-0.1, -0.05) is 11.8 Å². The molecule has 2 aromatic rings. The number of aromatic nitrogens is 3. The normalized spacial score (nSPS) is 14.8. The van der Waals surface area contributed by atoms with E-state index in [4.69, 9.17) is 5.73 Å². The van der Waals surface area contributed by atoms with Gasteiger partial charge in [0, 0.05) is 24.9 Å². The highest BCUT2D eigenvalue weighted by molar-refractivity contribution is 8.00. The average Bonchev–Trinajstić information content (AvgIpc) is 3.36. The highest BCUT2D eigenvalue weighted by atomic mass is 32.2. The zero-order valence-corrected chi connectivity index (χ0v) is 15.4. The predicted octanol–water partition coefficient (Wildman–Crippen LogP) is 2.43. The first kappa shape index (κ1) is 19.3. The smallest absolute Gasteiger partial charge is 0.237 e. The molecule has 144 valence electrons. The summed E-state index contributed by atoms with van der Waals surface area (Å²) >= 11 is 1.19. The third-order valence-corrected chi connectivity index (χ3v) is 5.14. The Kier molecular flexibility index (Phi) is 5.73. The molecular weight excluding hydrogens is 376 g/mol. The molecule has 2 amide bonds. The van der Waals surface area contributed by atoms with E-state index in [9.17, 15) is 18.4 Å². The number of primary amides is 1. The zero-order chi connectivity index (χ0) is 19.6. The Labute approximate surface area is 158 Å². The first-order valence-electron chi connectivity index (χ1n) is 8.50. The van der Waals surface area contributed by atoms with Gasteiger partial charge in [-0.2, -0.15) is 0 Å². The Morgan fingerprint density at radius 3 is 2.74 bits per heavy atom. The van der Waals surface area contributed by atoms with Crippen LogP contribution in [0.3, 0.4) is 0 Å². The van der Waals surface area contributed by atoms with E-state index in [1.807, 2.05) is 4.57 Å². The van der Waals surface area contributed by atoms with Crippen LogP contribution < -0.4 is 11.1 Å². The number of aryl methyl sites for hydroxylation is 1. The van der Waals surface area contributed by atoms with Crippen LogP contribution in [0.5, 0.6) is 0 Å². The summed E-state index contributed by atoms with van der Waals surface area (Å²) in [6.45, 7) is 1.66. The summed E-state index contributed by atoms with van der Waals surface area (Å²) in [5.74, 6) is -1.74. The van der Waals surface area contributed by atoms with Gasteiger partial charge in [0.05, 0.1) is 10.9 Å². The van der Waals surface area contributed by atoms with Crippen LogP contribution in [-0.2, 0) is 16.0 Å². The molecular formula is C17H19F2N5O2S. The number of thioether (sulfide) groups is 1. The van der Waals surface area contributed by atoms with Crippen molar-refractivity contribution in [3.05, 3.63) is 35.7 Å². The molecule has 27 heavy (non-hydrogen) atoms. The van der Waals surface area contributed by atoms with Gasteiger partial charge in [-0.25, -0.2) is 8.78 Å². The Hall–Kier alpha value is -2.49. The maximum absolute atomic E-state index is 13.7. The van der Waals surface area contributed by atoms with E-state index in [2.05, 4.69) is 15.5 Å². The molecule has 0 bridgehead atoms. The second kappa shape index (κ2) is 8.03. The number of hydrogen-bond donors (Lipinski definition) is 2. The number of carbonyl (C=O) groups is 2. The SMILES string of the molecule is C[C@@H](Sc1nnc(CCC(N)=O)n1C1CC1)C(=O)Nc1ccc(F)cc1F. The van der Waals surface area contributed by atoms with Crippen LogP contribution in [0.2, 0.25) is 0 Å². The van der Waals surface area contributed by atoms with E-state index in [1.165, 1.54) is 17.8 Å². The molecule has 10 heteroatoms. The molecule has 1 aliphatic carbocycles. The zero-order valence-electron chi connectivity index (χ0n) is 14.6. The number of nitrogens with one attached hydrogen (secondary N) is 1. The minimum absolute atomic E-state index is 0.0837. The fraction of sp³-hybridized carbons (Fsp3) is 0.412. The lowest BCUT2D eigenvalue weighted by Gasteiger charge is -2.13. The molecule has 0 unspecified atom stereocenters. The quantitative estimate of drug-likeness (QED) is 0.668. The molecule has 3 rings (SSSR count). The van der Waals surface area contributed by atoms with E-state index in [0.29, 0.717) is 23.5 Å². The van der Waals surface area contributed by atoms with Gasteiger partial charge < -0.3 is 15.6 Å². The van der Waals surface area contributed by atoms with Gasteiger partial charge in [-0.3, -0.25) is 9.59 Å².